The van der Waals surface area contributed by atoms with Gasteiger partial charge in [0.2, 0.25) is 0 Å². The highest BCUT2D eigenvalue weighted by Gasteiger charge is 1.89. The molecule has 0 aliphatic heterocycles. The molecule has 0 aromatic heterocycles. The molecule has 1 rings (SSSR count). The molecule has 14 heavy (non-hydrogen) atoms. The monoisotopic (exact) mass is 190 g/mol. The van der Waals surface area contributed by atoms with Crippen molar-refractivity contribution >= 4 is 0 Å². The van der Waals surface area contributed by atoms with Gasteiger partial charge in [0.25, 0.3) is 0 Å². The minimum absolute atomic E-state index is 0.728. The zero-order valence-electron chi connectivity index (χ0n) is 8.78. The van der Waals surface area contributed by atoms with Crippen molar-refractivity contribution in [2.24, 2.45) is 0 Å². The summed E-state index contributed by atoms with van der Waals surface area (Å²) >= 11 is 0. The lowest BCUT2D eigenvalue weighted by Crippen LogP contribution is -1.84. The summed E-state index contributed by atoms with van der Waals surface area (Å²) in [4.78, 5) is 0. The van der Waals surface area contributed by atoms with E-state index in [1.807, 2.05) is 0 Å². The van der Waals surface area contributed by atoms with Gasteiger partial charge in [-0.25, -0.2) is 0 Å². The first-order chi connectivity index (χ1) is 6.93. The number of hydrogen-bond donors (Lipinski definition) is 0. The lowest BCUT2D eigenvalue weighted by molar-refractivity contribution is 0.233. The first-order valence-corrected chi connectivity index (χ1v) is 5.11. The highest BCUT2D eigenvalue weighted by Crippen LogP contribution is 2.04. The van der Waals surface area contributed by atoms with Gasteiger partial charge in [-0.1, -0.05) is 42.5 Å². The van der Waals surface area contributed by atoms with Gasteiger partial charge in [-0.05, 0) is 24.8 Å². The van der Waals surface area contributed by atoms with E-state index in [9.17, 15) is 0 Å². The van der Waals surface area contributed by atoms with E-state index < -0.39 is 0 Å². The maximum Gasteiger partial charge on any atom is 0.0643 e. The van der Waals surface area contributed by atoms with E-state index in [1.54, 1.807) is 7.11 Å². The van der Waals surface area contributed by atoms with Crippen molar-refractivity contribution < 1.29 is 4.74 Å². The molecule has 0 radical (unpaired) electrons. The third kappa shape index (κ3) is 4.83. The molecule has 0 aliphatic carbocycles. The van der Waals surface area contributed by atoms with Crippen LogP contribution >= 0.6 is 0 Å². The van der Waals surface area contributed by atoms with Gasteiger partial charge in [0.05, 0.1) is 6.61 Å². The molecular formula is C13H18O. The summed E-state index contributed by atoms with van der Waals surface area (Å²) in [6, 6.07) is 10.6. The lowest BCUT2D eigenvalue weighted by atomic mass is 10.1. The molecule has 76 valence electrons. The first-order valence-electron chi connectivity index (χ1n) is 5.11. The molecule has 1 aromatic rings. The second-order valence-corrected chi connectivity index (χ2v) is 3.30. The Balaban J connectivity index is 2.10. The maximum absolute atomic E-state index is 4.92. The van der Waals surface area contributed by atoms with E-state index in [0.717, 1.165) is 19.4 Å². The van der Waals surface area contributed by atoms with Crippen LogP contribution in [0.2, 0.25) is 0 Å². The third-order valence-corrected chi connectivity index (χ3v) is 2.11. The molecule has 0 amide bonds. The van der Waals surface area contributed by atoms with Crippen molar-refractivity contribution in [1.82, 2.24) is 0 Å². The molecule has 0 N–H and O–H groups in total. The van der Waals surface area contributed by atoms with Gasteiger partial charge in [0, 0.05) is 7.11 Å². The number of hydrogen-bond acceptors (Lipinski definition) is 1. The number of aryl methyl sites for hydroxylation is 1. The van der Waals surface area contributed by atoms with Crippen LogP contribution in [-0.4, -0.2) is 13.7 Å². The van der Waals surface area contributed by atoms with E-state index in [4.69, 9.17) is 4.74 Å². The molecule has 1 aromatic carbocycles. The zero-order valence-corrected chi connectivity index (χ0v) is 8.78. The predicted molar refractivity (Wildman–Crippen MR) is 60.4 cm³/mol. The molecule has 0 fully saturated rings. The number of rotatable bonds is 6. The number of unbranched alkanes of at least 4 members (excludes halogenated alkanes) is 1. The normalized spacial score (nSPS) is 10.9. The molecule has 1 nitrogen and oxygen atoms in total. The Kier molecular flexibility index (Phi) is 5.76. The van der Waals surface area contributed by atoms with Gasteiger partial charge in [-0.15, -0.1) is 0 Å². The Hall–Kier alpha value is -1.08. The van der Waals surface area contributed by atoms with Crippen LogP contribution in [-0.2, 0) is 11.2 Å². The van der Waals surface area contributed by atoms with Crippen molar-refractivity contribution in [3.05, 3.63) is 48.0 Å². The lowest BCUT2D eigenvalue weighted by Gasteiger charge is -1.97. The van der Waals surface area contributed by atoms with Crippen LogP contribution in [0.4, 0.5) is 0 Å². The number of methoxy groups -OCH3 is 1. The summed E-state index contributed by atoms with van der Waals surface area (Å²) in [6.45, 7) is 0.728. The van der Waals surface area contributed by atoms with Crippen molar-refractivity contribution in [2.75, 3.05) is 13.7 Å². The van der Waals surface area contributed by atoms with E-state index in [2.05, 4.69) is 42.5 Å². The highest BCUT2D eigenvalue weighted by atomic mass is 16.5. The van der Waals surface area contributed by atoms with Gasteiger partial charge in [-0.3, -0.25) is 0 Å². The molecule has 0 unspecified atom stereocenters. The van der Waals surface area contributed by atoms with Gasteiger partial charge in [0.15, 0.2) is 0 Å². The van der Waals surface area contributed by atoms with Crippen LogP contribution in [0.3, 0.4) is 0 Å². The molecule has 0 spiro atoms. The second-order valence-electron chi connectivity index (χ2n) is 3.30. The summed E-state index contributed by atoms with van der Waals surface area (Å²) in [5, 5.41) is 0. The Morgan fingerprint density at radius 2 is 1.93 bits per heavy atom. The summed E-state index contributed by atoms with van der Waals surface area (Å²) in [5.41, 5.74) is 1.42. The summed E-state index contributed by atoms with van der Waals surface area (Å²) < 4.78 is 4.92. The molecule has 0 atom stereocenters. The molecule has 0 saturated heterocycles. The van der Waals surface area contributed by atoms with Crippen LogP contribution in [0, 0.1) is 0 Å². The molecular weight excluding hydrogens is 172 g/mol. The van der Waals surface area contributed by atoms with Gasteiger partial charge in [0.1, 0.15) is 0 Å². The van der Waals surface area contributed by atoms with E-state index in [1.165, 1.54) is 12.0 Å². The smallest absolute Gasteiger partial charge is 0.0643 e. The number of allylic oxidation sites excluding steroid dienone is 1. The molecule has 0 saturated carbocycles. The predicted octanol–water partition coefficient (Wildman–Crippen LogP) is 3.21. The first kappa shape index (κ1) is 11.0. The minimum Gasteiger partial charge on any atom is -0.381 e. The Morgan fingerprint density at radius 1 is 1.14 bits per heavy atom. The second kappa shape index (κ2) is 7.34. The molecule has 0 heterocycles. The Labute approximate surface area is 86.4 Å². The number of benzene rings is 1. The van der Waals surface area contributed by atoms with Crippen LogP contribution in [0.5, 0.6) is 0 Å². The standard InChI is InChI=1S/C13H18O/c1-14-12-8-3-2-5-9-13-10-6-4-7-11-13/h3-4,6-8,10-11H,2,5,9,12H2,1H3/b8-3+. The Morgan fingerprint density at radius 3 is 2.64 bits per heavy atom. The van der Waals surface area contributed by atoms with Crippen LogP contribution in [0.1, 0.15) is 18.4 Å². The molecule has 0 aliphatic rings. The Bertz CT molecular complexity index is 251. The van der Waals surface area contributed by atoms with Gasteiger partial charge >= 0.3 is 0 Å². The quantitative estimate of drug-likeness (QED) is 0.494. The van der Waals surface area contributed by atoms with Gasteiger partial charge in [-0.2, -0.15) is 0 Å². The van der Waals surface area contributed by atoms with Crippen LogP contribution in [0.25, 0.3) is 0 Å². The average molecular weight is 190 g/mol. The fraction of sp³-hybridized carbons (Fsp3) is 0.385. The van der Waals surface area contributed by atoms with Crippen molar-refractivity contribution in [2.45, 2.75) is 19.3 Å². The molecule has 0 bridgehead atoms. The SMILES string of the molecule is COC/C=C/CCCc1ccccc1. The van der Waals surface area contributed by atoms with E-state index in [0.29, 0.717) is 0 Å². The van der Waals surface area contributed by atoms with Gasteiger partial charge < -0.3 is 4.74 Å². The number of ether oxygens (including phenoxy) is 1. The van der Waals surface area contributed by atoms with Crippen LogP contribution < -0.4 is 0 Å². The largest absolute Gasteiger partial charge is 0.381 e. The fourth-order valence-corrected chi connectivity index (χ4v) is 1.35. The summed E-state index contributed by atoms with van der Waals surface area (Å²) in [5.74, 6) is 0. The summed E-state index contributed by atoms with van der Waals surface area (Å²) in [7, 11) is 1.72. The van der Waals surface area contributed by atoms with Crippen molar-refractivity contribution in [3.63, 3.8) is 0 Å². The zero-order chi connectivity index (χ0) is 10.1. The van der Waals surface area contributed by atoms with Crippen molar-refractivity contribution in [1.29, 1.82) is 0 Å². The summed E-state index contributed by atoms with van der Waals surface area (Å²) in [6.07, 6.45) is 7.78. The average Bonchev–Trinajstić information content (AvgIpc) is 2.25. The maximum atomic E-state index is 4.92. The fourth-order valence-electron chi connectivity index (χ4n) is 1.35. The van der Waals surface area contributed by atoms with E-state index >= 15 is 0 Å². The minimum atomic E-state index is 0.728. The van der Waals surface area contributed by atoms with Crippen LogP contribution in [0.15, 0.2) is 42.5 Å². The highest BCUT2D eigenvalue weighted by molar-refractivity contribution is 5.14. The topological polar surface area (TPSA) is 9.23 Å². The molecule has 1 heteroatoms. The van der Waals surface area contributed by atoms with E-state index in [-0.39, 0.29) is 0 Å². The third-order valence-electron chi connectivity index (χ3n) is 2.11. The van der Waals surface area contributed by atoms with Crippen molar-refractivity contribution in [3.8, 4) is 0 Å².